The molecule has 2 aliphatic rings. The van der Waals surface area contributed by atoms with Gasteiger partial charge in [-0.15, -0.1) is 0 Å². The minimum atomic E-state index is -0.493. The number of para-hydroxylation sites is 1. The zero-order valence-corrected chi connectivity index (χ0v) is 23.3. The maximum absolute atomic E-state index is 12.9. The summed E-state index contributed by atoms with van der Waals surface area (Å²) >= 11 is 6.57. The Hall–Kier alpha value is -3.97. The molecule has 0 atom stereocenters. The molecule has 208 valence electrons. The molecular formula is C32H33ClN2O5. The minimum absolute atomic E-state index is 0.000980. The van der Waals surface area contributed by atoms with Crippen LogP contribution in [0, 0.1) is 0 Å². The number of anilines is 1. The normalized spacial score (nSPS) is 16.8. The molecule has 3 aromatic carbocycles. The second-order valence-electron chi connectivity index (χ2n) is 9.84. The van der Waals surface area contributed by atoms with Crippen LogP contribution < -0.4 is 24.6 Å². The number of nitrogens with one attached hydrogen (secondary N) is 1. The van der Waals surface area contributed by atoms with Gasteiger partial charge in [-0.25, -0.2) is 5.01 Å². The third kappa shape index (κ3) is 6.42. The lowest BCUT2D eigenvalue weighted by Gasteiger charge is -2.22. The van der Waals surface area contributed by atoms with E-state index in [1.54, 1.807) is 36.4 Å². The van der Waals surface area contributed by atoms with Crippen LogP contribution >= 0.6 is 11.6 Å². The van der Waals surface area contributed by atoms with Crippen molar-refractivity contribution in [1.82, 2.24) is 5.43 Å². The van der Waals surface area contributed by atoms with Gasteiger partial charge in [-0.2, -0.15) is 0 Å². The Morgan fingerprint density at radius 1 is 0.925 bits per heavy atom. The fourth-order valence-corrected chi connectivity index (χ4v) is 5.41. The van der Waals surface area contributed by atoms with E-state index < -0.39 is 11.8 Å². The van der Waals surface area contributed by atoms with E-state index in [2.05, 4.69) is 17.6 Å². The summed E-state index contributed by atoms with van der Waals surface area (Å²) in [5.74, 6) is 1.32. The van der Waals surface area contributed by atoms with Crippen LogP contribution in [0.4, 0.5) is 5.69 Å². The first-order valence-electron chi connectivity index (χ1n) is 13.8. The van der Waals surface area contributed by atoms with E-state index in [0.717, 1.165) is 5.75 Å². The summed E-state index contributed by atoms with van der Waals surface area (Å²) < 4.78 is 17.6. The van der Waals surface area contributed by atoms with Crippen LogP contribution in [0.3, 0.4) is 0 Å². The lowest BCUT2D eigenvalue weighted by atomic mass is 9.84. The van der Waals surface area contributed by atoms with Crippen LogP contribution in [0.2, 0.25) is 5.02 Å². The van der Waals surface area contributed by atoms with Gasteiger partial charge >= 0.3 is 0 Å². The lowest BCUT2D eigenvalue weighted by molar-refractivity contribution is -0.117. The molecule has 40 heavy (non-hydrogen) atoms. The number of ether oxygens (including phenoxy) is 3. The number of carbonyl (C=O) groups excluding carboxylic acids is 2. The molecule has 2 amide bonds. The fraction of sp³-hybridized carbons (Fsp3) is 0.312. The number of hydrazine groups is 1. The highest BCUT2D eigenvalue weighted by Crippen LogP contribution is 2.38. The average molecular weight is 561 g/mol. The summed E-state index contributed by atoms with van der Waals surface area (Å²) in [7, 11) is 0. The third-order valence-electron chi connectivity index (χ3n) is 7.10. The van der Waals surface area contributed by atoms with Crippen molar-refractivity contribution in [3.63, 3.8) is 0 Å². The highest BCUT2D eigenvalue weighted by Gasteiger charge is 2.34. The molecule has 1 saturated carbocycles. The van der Waals surface area contributed by atoms with Crippen molar-refractivity contribution < 1.29 is 23.8 Å². The summed E-state index contributed by atoms with van der Waals surface area (Å²) in [5, 5.41) is 1.53. The van der Waals surface area contributed by atoms with Gasteiger partial charge in [-0.1, -0.05) is 61.2 Å². The van der Waals surface area contributed by atoms with Crippen molar-refractivity contribution in [2.75, 3.05) is 24.8 Å². The van der Waals surface area contributed by atoms with Gasteiger partial charge in [0.1, 0.15) is 24.5 Å². The van der Waals surface area contributed by atoms with Crippen molar-refractivity contribution in [3.05, 3.63) is 88.5 Å². The van der Waals surface area contributed by atoms with Crippen molar-refractivity contribution in [2.45, 2.75) is 44.9 Å². The van der Waals surface area contributed by atoms with Crippen LogP contribution in [0.1, 0.15) is 56.1 Å². The molecule has 3 aromatic rings. The number of halogens is 1. The van der Waals surface area contributed by atoms with Crippen molar-refractivity contribution in [1.29, 1.82) is 0 Å². The smallest absolute Gasteiger partial charge is 0.282 e. The van der Waals surface area contributed by atoms with Crippen LogP contribution in [-0.4, -0.2) is 31.6 Å². The van der Waals surface area contributed by atoms with Gasteiger partial charge in [-0.3, -0.25) is 15.0 Å². The highest BCUT2D eigenvalue weighted by molar-refractivity contribution is 6.33. The van der Waals surface area contributed by atoms with Crippen molar-refractivity contribution in [3.8, 4) is 17.2 Å². The topological polar surface area (TPSA) is 77.1 Å². The van der Waals surface area contributed by atoms with Crippen LogP contribution in [0.5, 0.6) is 17.2 Å². The number of benzene rings is 3. The van der Waals surface area contributed by atoms with E-state index in [9.17, 15) is 9.59 Å². The second kappa shape index (κ2) is 12.9. The van der Waals surface area contributed by atoms with Gasteiger partial charge in [0.25, 0.3) is 11.8 Å². The molecule has 7 nitrogen and oxygen atoms in total. The molecule has 0 bridgehead atoms. The number of carbonyl (C=O) groups is 2. The Labute approximate surface area is 239 Å². The number of hydrogen-bond acceptors (Lipinski definition) is 5. The van der Waals surface area contributed by atoms with Gasteiger partial charge in [0.05, 0.1) is 17.3 Å². The first kappa shape index (κ1) is 27.6. The molecule has 1 heterocycles. The van der Waals surface area contributed by atoms with E-state index in [-0.39, 0.29) is 12.2 Å². The predicted octanol–water partition coefficient (Wildman–Crippen LogP) is 6.71. The minimum Gasteiger partial charge on any atom is -0.490 e. The average Bonchev–Trinajstić information content (AvgIpc) is 3.26. The molecule has 1 aliphatic carbocycles. The zero-order chi connectivity index (χ0) is 27.9. The molecule has 8 heteroatoms. The predicted molar refractivity (Wildman–Crippen MR) is 156 cm³/mol. The first-order chi connectivity index (χ1) is 19.5. The monoisotopic (exact) mass is 560 g/mol. The highest BCUT2D eigenvalue weighted by atomic mass is 35.5. The Morgan fingerprint density at radius 3 is 2.38 bits per heavy atom. The van der Waals surface area contributed by atoms with E-state index in [1.807, 2.05) is 25.1 Å². The molecule has 1 saturated heterocycles. The summed E-state index contributed by atoms with van der Waals surface area (Å²) in [6.07, 6.45) is 8.00. The molecule has 1 N–H and O–H groups in total. The molecule has 2 fully saturated rings. The largest absolute Gasteiger partial charge is 0.490 e. The summed E-state index contributed by atoms with van der Waals surface area (Å²) in [6.45, 7) is 2.84. The van der Waals surface area contributed by atoms with Gasteiger partial charge in [0.15, 0.2) is 11.5 Å². The number of nitrogens with zero attached hydrogens (tertiary/aromatic N) is 1. The maximum atomic E-state index is 12.9. The Morgan fingerprint density at radius 2 is 1.65 bits per heavy atom. The summed E-state index contributed by atoms with van der Waals surface area (Å²) in [5.41, 5.74) is 5.10. The van der Waals surface area contributed by atoms with Gasteiger partial charge < -0.3 is 14.2 Å². The molecule has 5 rings (SSSR count). The van der Waals surface area contributed by atoms with Gasteiger partial charge in [-0.05, 0) is 79.3 Å². The van der Waals surface area contributed by atoms with E-state index >= 15 is 0 Å². The first-order valence-corrected chi connectivity index (χ1v) is 14.2. The zero-order valence-electron chi connectivity index (χ0n) is 22.5. The molecular weight excluding hydrogens is 528 g/mol. The van der Waals surface area contributed by atoms with Gasteiger partial charge in [0.2, 0.25) is 0 Å². The van der Waals surface area contributed by atoms with Crippen molar-refractivity contribution in [2.24, 2.45) is 0 Å². The van der Waals surface area contributed by atoms with E-state index in [1.165, 1.54) is 48.8 Å². The fourth-order valence-electron chi connectivity index (χ4n) is 5.13. The lowest BCUT2D eigenvalue weighted by Crippen LogP contribution is -2.35. The van der Waals surface area contributed by atoms with E-state index in [4.69, 9.17) is 25.8 Å². The van der Waals surface area contributed by atoms with Crippen LogP contribution in [-0.2, 0) is 9.59 Å². The Balaban J connectivity index is 1.22. The van der Waals surface area contributed by atoms with Gasteiger partial charge in [0, 0.05) is 0 Å². The second-order valence-corrected chi connectivity index (χ2v) is 10.2. The Kier molecular flexibility index (Phi) is 8.91. The molecule has 0 unspecified atom stereocenters. The molecule has 0 spiro atoms. The van der Waals surface area contributed by atoms with Crippen LogP contribution in [0.15, 0.2) is 72.3 Å². The number of rotatable bonds is 10. The molecule has 0 radical (unpaired) electrons. The van der Waals surface area contributed by atoms with E-state index in [0.29, 0.717) is 46.9 Å². The standard InChI is InChI=1S/C32H33ClN2O5/c1-2-38-29-21-22(19-27-31(36)34-35(32(27)37)25-11-7-4-8-12-25)20-28(33)30(29)40-18-17-39-26-15-13-24(14-16-26)23-9-5-3-6-10-23/h4,7-8,11-16,19-21,23H,2-3,5-6,9-10,17-18H2,1H3,(H,34,36)/b27-19+. The van der Waals surface area contributed by atoms with Crippen LogP contribution in [0.25, 0.3) is 6.08 Å². The third-order valence-corrected chi connectivity index (χ3v) is 7.38. The Bertz CT molecular complexity index is 1370. The SMILES string of the molecule is CCOc1cc(/C=C2\C(=O)NN(c3ccccc3)C2=O)cc(Cl)c1OCCOc1ccc(C2CCCCC2)cc1. The maximum Gasteiger partial charge on any atom is 0.282 e. The molecule has 0 aromatic heterocycles. The quantitative estimate of drug-likeness (QED) is 0.169. The summed E-state index contributed by atoms with van der Waals surface area (Å²) in [6, 6.07) is 20.6. The molecule has 1 aliphatic heterocycles. The number of hydrogen-bond donors (Lipinski definition) is 1. The summed E-state index contributed by atoms with van der Waals surface area (Å²) in [4.78, 5) is 25.5. The van der Waals surface area contributed by atoms with Crippen molar-refractivity contribution >= 4 is 35.2 Å². The number of amides is 2.